The Hall–Kier alpha value is -6.23. The minimum atomic E-state index is -0.711. The molecule has 4 aromatic carbocycles. The number of methoxy groups -OCH3 is 1. The zero-order valence-electron chi connectivity index (χ0n) is 27.6. The summed E-state index contributed by atoms with van der Waals surface area (Å²) in [6.45, 7) is 5.80. The highest BCUT2D eigenvalue weighted by atomic mass is 19.1. The lowest BCUT2D eigenvalue weighted by atomic mass is 9.94. The molecular weight excluding hydrogens is 642 g/mol. The van der Waals surface area contributed by atoms with Crippen LogP contribution in [-0.4, -0.2) is 37.7 Å². The summed E-state index contributed by atoms with van der Waals surface area (Å²) in [5.41, 5.74) is 7.26. The summed E-state index contributed by atoms with van der Waals surface area (Å²) in [6, 6.07) is 18.7. The number of carbonyl (C=O) groups excluding carboxylic acids is 2. The molecule has 0 aliphatic heterocycles. The van der Waals surface area contributed by atoms with Crippen molar-refractivity contribution in [1.29, 1.82) is 0 Å². The molecule has 2 amide bonds. The predicted molar refractivity (Wildman–Crippen MR) is 189 cm³/mol. The fourth-order valence-electron chi connectivity index (χ4n) is 5.74. The molecule has 1 heterocycles. The van der Waals surface area contributed by atoms with Gasteiger partial charge in [0.05, 0.1) is 34.9 Å². The van der Waals surface area contributed by atoms with Crippen molar-refractivity contribution in [1.82, 2.24) is 10.6 Å². The lowest BCUT2D eigenvalue weighted by Crippen LogP contribution is -2.38. The molecule has 1 saturated carbocycles. The number of fused-ring (bicyclic) bond motifs is 1. The van der Waals surface area contributed by atoms with Crippen LogP contribution in [0.5, 0.6) is 17.2 Å². The van der Waals surface area contributed by atoms with Crippen LogP contribution in [0.2, 0.25) is 0 Å². The van der Waals surface area contributed by atoms with Crippen molar-refractivity contribution in [2.24, 2.45) is 10.7 Å². The Kier molecular flexibility index (Phi) is 9.23. The molecule has 0 saturated heterocycles. The smallest absolute Gasteiger partial charge is 0.255 e. The third-order valence-corrected chi connectivity index (χ3v) is 8.58. The molecule has 9 nitrogen and oxygen atoms in total. The van der Waals surface area contributed by atoms with Gasteiger partial charge in [0.1, 0.15) is 40.2 Å². The van der Waals surface area contributed by atoms with Crippen molar-refractivity contribution in [3.8, 4) is 39.7 Å². The average Bonchev–Trinajstić information content (AvgIpc) is 3.80. The molecule has 1 fully saturated rings. The summed E-state index contributed by atoms with van der Waals surface area (Å²) in [7, 11) is 2.91. The fourth-order valence-corrected chi connectivity index (χ4v) is 5.74. The number of nitrogens with two attached hydrogens (primary N) is 1. The Morgan fingerprint density at radius 3 is 2.28 bits per heavy atom. The molecule has 4 N–H and O–H groups in total. The number of aliphatic imine (C=N–C) groups is 1. The molecule has 0 bridgehead atoms. The van der Waals surface area contributed by atoms with Gasteiger partial charge < -0.3 is 30.3 Å². The van der Waals surface area contributed by atoms with E-state index >= 15 is 4.39 Å². The van der Waals surface area contributed by atoms with Crippen molar-refractivity contribution in [3.63, 3.8) is 0 Å². The maximum absolute atomic E-state index is 16.7. The van der Waals surface area contributed by atoms with Gasteiger partial charge in [-0.1, -0.05) is 6.58 Å². The molecule has 11 heteroatoms. The first kappa shape index (κ1) is 33.7. The van der Waals surface area contributed by atoms with Gasteiger partial charge in [-0.3, -0.25) is 14.6 Å². The molecular formula is C39H34F2N4O5. The van der Waals surface area contributed by atoms with Gasteiger partial charge in [-0.15, -0.1) is 0 Å². The van der Waals surface area contributed by atoms with E-state index < -0.39 is 23.2 Å². The van der Waals surface area contributed by atoms with Crippen molar-refractivity contribution in [2.45, 2.75) is 25.3 Å². The van der Waals surface area contributed by atoms with Gasteiger partial charge in [-0.25, -0.2) is 8.78 Å². The molecule has 5 aromatic rings. The number of allylic oxidation sites excluding steroid dienone is 1. The van der Waals surface area contributed by atoms with Crippen LogP contribution < -0.4 is 25.8 Å². The summed E-state index contributed by atoms with van der Waals surface area (Å²) >= 11 is 0. The van der Waals surface area contributed by atoms with Crippen LogP contribution in [0.3, 0.4) is 0 Å². The summed E-state index contributed by atoms with van der Waals surface area (Å²) in [5.74, 6) is -0.671. The van der Waals surface area contributed by atoms with Gasteiger partial charge in [0.15, 0.2) is 0 Å². The van der Waals surface area contributed by atoms with E-state index in [1.54, 1.807) is 61.5 Å². The molecule has 50 heavy (non-hydrogen) atoms. The number of amides is 2. The van der Waals surface area contributed by atoms with Crippen LogP contribution >= 0.6 is 0 Å². The van der Waals surface area contributed by atoms with Crippen LogP contribution in [-0.2, 0) is 0 Å². The second kappa shape index (κ2) is 13.7. The van der Waals surface area contributed by atoms with Gasteiger partial charge in [-0.2, -0.15) is 0 Å². The number of hydrogen-bond acceptors (Lipinski definition) is 7. The number of ether oxygens (including phenoxy) is 2. The first-order valence-electron chi connectivity index (χ1n) is 15.7. The lowest BCUT2D eigenvalue weighted by molar-refractivity contribution is 0.0933. The Morgan fingerprint density at radius 1 is 0.980 bits per heavy atom. The van der Waals surface area contributed by atoms with Gasteiger partial charge in [0.25, 0.3) is 11.8 Å². The third kappa shape index (κ3) is 6.45. The predicted octanol–water partition coefficient (Wildman–Crippen LogP) is 7.83. The minimum Gasteiger partial charge on any atom is -0.496 e. The lowest BCUT2D eigenvalue weighted by Gasteiger charge is -2.19. The summed E-state index contributed by atoms with van der Waals surface area (Å²) < 4.78 is 47.5. The molecule has 6 rings (SSSR count). The standard InChI is InChI=1S/C39H34F2N4O5/c1-22-20-32(48-4)30(37(46)45-39(16-17-39)23(2)44-19-5-18-42)21-29(22)28-14-15-31-33(35(28)41)34(38(47)43-3)36(50-31)24-6-10-26(11-7-24)49-27-12-8-25(40)9-13-27/h5-15,18-21H,2,16-17,42H2,1,3-4H3,(H,43,47)(H,45,46)/b18-5-,44-19?. The van der Waals surface area contributed by atoms with Gasteiger partial charge >= 0.3 is 0 Å². The summed E-state index contributed by atoms with van der Waals surface area (Å²) in [6.07, 6.45) is 5.72. The zero-order chi connectivity index (χ0) is 35.6. The second-order valence-corrected chi connectivity index (χ2v) is 11.8. The Balaban J connectivity index is 1.38. The highest BCUT2D eigenvalue weighted by molar-refractivity contribution is 6.12. The molecule has 0 unspecified atom stereocenters. The molecule has 1 aromatic heterocycles. The minimum absolute atomic E-state index is 0.0115. The number of benzene rings is 4. The van der Waals surface area contributed by atoms with Crippen LogP contribution in [0, 0.1) is 18.6 Å². The average molecular weight is 677 g/mol. The Morgan fingerprint density at radius 2 is 1.66 bits per heavy atom. The number of nitrogens with one attached hydrogen (secondary N) is 2. The largest absolute Gasteiger partial charge is 0.496 e. The summed E-state index contributed by atoms with van der Waals surface area (Å²) in [5, 5.41) is 5.61. The molecule has 0 spiro atoms. The molecule has 254 valence electrons. The van der Waals surface area contributed by atoms with E-state index in [4.69, 9.17) is 19.6 Å². The van der Waals surface area contributed by atoms with Crippen LogP contribution in [0.25, 0.3) is 33.4 Å². The Bertz CT molecular complexity index is 2180. The molecule has 0 radical (unpaired) electrons. The second-order valence-electron chi connectivity index (χ2n) is 11.8. The topological polar surface area (TPSA) is 128 Å². The quantitative estimate of drug-likeness (QED) is 0.122. The van der Waals surface area contributed by atoms with E-state index in [1.165, 1.54) is 50.8 Å². The van der Waals surface area contributed by atoms with Crippen molar-refractivity contribution >= 4 is 29.0 Å². The first-order chi connectivity index (χ1) is 24.1. The maximum Gasteiger partial charge on any atom is 0.255 e. The van der Waals surface area contributed by atoms with Crippen LogP contribution in [0.4, 0.5) is 8.78 Å². The highest BCUT2D eigenvalue weighted by Crippen LogP contribution is 2.44. The van der Waals surface area contributed by atoms with Gasteiger partial charge in [0.2, 0.25) is 0 Å². The normalized spacial score (nSPS) is 13.5. The van der Waals surface area contributed by atoms with Crippen molar-refractivity contribution in [3.05, 3.63) is 126 Å². The van der Waals surface area contributed by atoms with E-state index in [2.05, 4.69) is 22.2 Å². The highest BCUT2D eigenvalue weighted by Gasteiger charge is 2.47. The van der Waals surface area contributed by atoms with E-state index in [9.17, 15) is 14.0 Å². The van der Waals surface area contributed by atoms with Gasteiger partial charge in [0, 0.05) is 24.4 Å². The summed E-state index contributed by atoms with van der Waals surface area (Å²) in [4.78, 5) is 31.3. The number of furan rings is 1. The number of rotatable bonds is 11. The molecule has 1 aliphatic carbocycles. The number of nitrogens with zero attached hydrogens (tertiary/aromatic N) is 1. The number of carbonyl (C=O) groups is 2. The monoisotopic (exact) mass is 676 g/mol. The number of halogens is 2. The van der Waals surface area contributed by atoms with E-state index in [-0.39, 0.29) is 39.2 Å². The van der Waals surface area contributed by atoms with Crippen molar-refractivity contribution in [2.75, 3.05) is 14.2 Å². The maximum atomic E-state index is 16.7. The third-order valence-electron chi connectivity index (χ3n) is 8.58. The van der Waals surface area contributed by atoms with Gasteiger partial charge in [-0.05, 0) is 116 Å². The fraction of sp³-hybridized carbons (Fsp3) is 0.154. The van der Waals surface area contributed by atoms with Crippen LogP contribution in [0.15, 0.2) is 107 Å². The number of aryl methyl sites for hydroxylation is 1. The molecule has 0 atom stereocenters. The van der Waals surface area contributed by atoms with Crippen molar-refractivity contribution < 1.29 is 32.3 Å². The van der Waals surface area contributed by atoms with Crippen LogP contribution in [0.1, 0.15) is 39.1 Å². The van der Waals surface area contributed by atoms with E-state index in [0.29, 0.717) is 52.5 Å². The number of hydrogen-bond donors (Lipinski definition) is 3. The SMILES string of the molecule is C=C(N=C/C=C\N)C1(NC(=O)c2cc(-c3ccc4oc(-c5ccc(Oc6ccc(F)cc6)cc5)c(C(=O)NC)c4c3F)c(C)cc2OC)CC1. The van der Waals surface area contributed by atoms with E-state index in [0.717, 1.165) is 0 Å². The molecule has 1 aliphatic rings. The zero-order valence-corrected chi connectivity index (χ0v) is 27.6. The van der Waals surface area contributed by atoms with E-state index in [1.807, 2.05) is 0 Å². The first-order valence-corrected chi connectivity index (χ1v) is 15.7. The Labute approximate surface area is 287 Å².